The predicted octanol–water partition coefficient (Wildman–Crippen LogP) is 7.54. The zero-order chi connectivity index (χ0) is 30.2. The third kappa shape index (κ3) is 8.25. The van der Waals surface area contributed by atoms with Crippen LogP contribution in [0, 0.1) is 5.82 Å². The van der Waals surface area contributed by atoms with E-state index >= 15 is 0 Å². The molecule has 5 aromatic rings. The summed E-state index contributed by atoms with van der Waals surface area (Å²) in [7, 11) is 0. The number of thiophene rings is 1. The van der Waals surface area contributed by atoms with Crippen LogP contribution in [-0.2, 0) is 9.59 Å². The number of carbonyl (C=O) groups excluding carboxylic acids is 3. The highest BCUT2D eigenvalue weighted by atomic mass is 32.2. The van der Waals surface area contributed by atoms with Gasteiger partial charge in [-0.15, -0.1) is 34.4 Å². The van der Waals surface area contributed by atoms with Gasteiger partial charge in [-0.3, -0.25) is 14.4 Å². The van der Waals surface area contributed by atoms with E-state index in [1.54, 1.807) is 61.5 Å². The molecular weight excluding hydrogens is 604 g/mol. The molecule has 0 spiro atoms. The van der Waals surface area contributed by atoms with Gasteiger partial charge in [0, 0.05) is 32.0 Å². The fraction of sp³-hybridized carbons (Fsp3) is 0.0625. The Balaban J connectivity index is 1.18. The summed E-state index contributed by atoms with van der Waals surface area (Å²) in [4.78, 5) is 44.8. The van der Waals surface area contributed by atoms with E-state index in [1.807, 2.05) is 41.1 Å². The lowest BCUT2D eigenvalue weighted by atomic mass is 10.2. The van der Waals surface area contributed by atoms with Gasteiger partial charge in [-0.2, -0.15) is 0 Å². The van der Waals surface area contributed by atoms with Crippen molar-refractivity contribution in [3.8, 4) is 11.3 Å². The molecule has 3 amide bonds. The van der Waals surface area contributed by atoms with Gasteiger partial charge in [-0.25, -0.2) is 9.37 Å². The smallest absolute Gasteiger partial charge is 0.272 e. The zero-order valence-corrected chi connectivity index (χ0v) is 25.2. The molecule has 0 aliphatic rings. The molecule has 0 saturated heterocycles. The van der Waals surface area contributed by atoms with Crippen molar-refractivity contribution in [3.63, 3.8) is 0 Å². The van der Waals surface area contributed by atoms with E-state index in [0.29, 0.717) is 22.1 Å². The van der Waals surface area contributed by atoms with Gasteiger partial charge in [-0.05, 0) is 85.1 Å². The van der Waals surface area contributed by atoms with Crippen molar-refractivity contribution in [3.05, 3.63) is 124 Å². The first kappa shape index (κ1) is 29.9. The lowest BCUT2D eigenvalue weighted by molar-refractivity contribution is -0.115. The molecule has 3 N–H and O–H groups in total. The normalized spacial score (nSPS) is 11.9. The second-order valence-corrected chi connectivity index (χ2v) is 12.4. The molecule has 0 aliphatic carbocycles. The van der Waals surface area contributed by atoms with Gasteiger partial charge in [0.1, 0.15) is 11.5 Å². The maximum atomic E-state index is 13.2. The lowest BCUT2D eigenvalue weighted by Gasteiger charge is -2.13. The van der Waals surface area contributed by atoms with E-state index in [2.05, 4.69) is 20.9 Å². The first-order valence-corrected chi connectivity index (χ1v) is 15.7. The highest BCUT2D eigenvalue weighted by molar-refractivity contribution is 8.00. The van der Waals surface area contributed by atoms with Crippen LogP contribution < -0.4 is 16.0 Å². The van der Waals surface area contributed by atoms with Crippen molar-refractivity contribution in [2.75, 3.05) is 10.6 Å². The van der Waals surface area contributed by atoms with E-state index in [1.165, 1.54) is 46.6 Å². The number of nitrogens with zero attached hydrogens (tertiary/aromatic N) is 1. The molecule has 5 rings (SSSR count). The number of hydrogen-bond donors (Lipinski definition) is 3. The molecule has 0 bridgehead atoms. The Morgan fingerprint density at radius 3 is 2.33 bits per heavy atom. The maximum Gasteiger partial charge on any atom is 0.272 e. The number of amides is 3. The number of rotatable bonds is 10. The number of hydrogen-bond acceptors (Lipinski definition) is 7. The predicted molar refractivity (Wildman–Crippen MR) is 173 cm³/mol. The summed E-state index contributed by atoms with van der Waals surface area (Å²) < 4.78 is 13.2. The molecule has 0 fully saturated rings. The van der Waals surface area contributed by atoms with Crippen molar-refractivity contribution in [1.82, 2.24) is 10.3 Å². The van der Waals surface area contributed by atoms with E-state index < -0.39 is 11.2 Å². The SMILES string of the molecule is CC(Sc1ccc(NC(=O)/C(=C/c2cccs2)NC(=O)c2ccccc2)cc1)C(=O)Nc1nc(-c2ccc(F)cc2)cs1. The minimum absolute atomic E-state index is 0.116. The van der Waals surface area contributed by atoms with Gasteiger partial charge < -0.3 is 16.0 Å². The topological polar surface area (TPSA) is 100 Å². The van der Waals surface area contributed by atoms with Crippen LogP contribution in [-0.4, -0.2) is 28.0 Å². The molecule has 216 valence electrons. The second kappa shape index (κ2) is 14.1. The van der Waals surface area contributed by atoms with E-state index in [4.69, 9.17) is 0 Å². The Kier molecular flexibility index (Phi) is 9.77. The third-order valence-electron chi connectivity index (χ3n) is 6.03. The highest BCUT2D eigenvalue weighted by Crippen LogP contribution is 2.28. The van der Waals surface area contributed by atoms with Crippen LogP contribution in [0.2, 0.25) is 0 Å². The van der Waals surface area contributed by atoms with Crippen LogP contribution in [0.15, 0.2) is 112 Å². The molecule has 2 aromatic heterocycles. The molecule has 0 aliphatic heterocycles. The van der Waals surface area contributed by atoms with Gasteiger partial charge in [0.2, 0.25) is 5.91 Å². The summed E-state index contributed by atoms with van der Waals surface area (Å²) >= 11 is 4.11. The highest BCUT2D eigenvalue weighted by Gasteiger charge is 2.18. The average molecular weight is 629 g/mol. The largest absolute Gasteiger partial charge is 0.321 e. The summed E-state index contributed by atoms with van der Waals surface area (Å²) in [6.07, 6.45) is 1.64. The van der Waals surface area contributed by atoms with Crippen LogP contribution in [0.3, 0.4) is 0 Å². The summed E-state index contributed by atoms with van der Waals surface area (Å²) in [6, 6.07) is 25.5. The van der Waals surface area contributed by atoms with E-state index in [9.17, 15) is 18.8 Å². The standard InChI is InChI=1S/C32H25FN4O3S3/c1-20(29(38)37-32-36-28(19-42-32)21-9-11-23(33)12-10-21)43-25-15-13-24(14-16-25)34-31(40)27(18-26-8-5-17-41-26)35-30(39)22-6-3-2-4-7-22/h2-20H,1H3,(H,34,40)(H,35,39)(H,36,37,38)/b27-18-. The fourth-order valence-corrected chi connectivity index (χ4v) is 6.07. The van der Waals surface area contributed by atoms with Gasteiger partial charge in [0.25, 0.3) is 11.8 Å². The van der Waals surface area contributed by atoms with Crippen LogP contribution in [0.25, 0.3) is 17.3 Å². The first-order valence-electron chi connectivity index (χ1n) is 13.1. The van der Waals surface area contributed by atoms with E-state index in [0.717, 1.165) is 15.3 Å². The zero-order valence-electron chi connectivity index (χ0n) is 22.7. The monoisotopic (exact) mass is 628 g/mol. The number of benzene rings is 3. The van der Waals surface area contributed by atoms with Gasteiger partial charge in [0.05, 0.1) is 10.9 Å². The van der Waals surface area contributed by atoms with Crippen LogP contribution in [0.5, 0.6) is 0 Å². The number of nitrogens with one attached hydrogen (secondary N) is 3. The Morgan fingerprint density at radius 1 is 0.884 bits per heavy atom. The molecule has 0 saturated carbocycles. The van der Waals surface area contributed by atoms with Crippen LogP contribution in [0.1, 0.15) is 22.2 Å². The molecule has 11 heteroatoms. The molecule has 1 atom stereocenters. The van der Waals surface area contributed by atoms with E-state index in [-0.39, 0.29) is 23.3 Å². The summed E-state index contributed by atoms with van der Waals surface area (Å²) in [5, 5.41) is 12.1. The molecule has 1 unspecified atom stereocenters. The van der Waals surface area contributed by atoms with Crippen molar-refractivity contribution < 1.29 is 18.8 Å². The quantitative estimate of drug-likeness (QED) is 0.110. The number of carbonyl (C=O) groups is 3. The van der Waals surface area contributed by atoms with Crippen LogP contribution >= 0.6 is 34.4 Å². The minimum atomic E-state index is -0.464. The fourth-order valence-electron chi connectivity index (χ4n) is 3.82. The molecule has 3 aromatic carbocycles. The van der Waals surface area contributed by atoms with Crippen molar-refractivity contribution in [1.29, 1.82) is 0 Å². The van der Waals surface area contributed by atoms with Gasteiger partial charge in [0.15, 0.2) is 5.13 Å². The second-order valence-electron chi connectivity index (χ2n) is 9.17. The minimum Gasteiger partial charge on any atom is -0.321 e. The number of thiazole rings is 1. The first-order chi connectivity index (χ1) is 20.8. The summed E-state index contributed by atoms with van der Waals surface area (Å²) in [5.74, 6) is -1.38. The number of halogens is 1. The number of anilines is 2. The Bertz CT molecular complexity index is 1740. The van der Waals surface area contributed by atoms with Crippen LogP contribution in [0.4, 0.5) is 15.2 Å². The van der Waals surface area contributed by atoms with Crippen molar-refractivity contribution in [2.24, 2.45) is 0 Å². The summed E-state index contributed by atoms with van der Waals surface area (Å²) in [6.45, 7) is 1.79. The molecular formula is C32H25FN4O3S3. The maximum absolute atomic E-state index is 13.2. The van der Waals surface area contributed by atoms with Crippen molar-refractivity contribution in [2.45, 2.75) is 17.1 Å². The lowest BCUT2D eigenvalue weighted by Crippen LogP contribution is -2.30. The Labute approximate surface area is 259 Å². The molecule has 0 radical (unpaired) electrons. The van der Waals surface area contributed by atoms with Gasteiger partial charge >= 0.3 is 0 Å². The number of aromatic nitrogens is 1. The Hall–Kier alpha value is -4.58. The average Bonchev–Trinajstić information content (AvgIpc) is 3.71. The Morgan fingerprint density at radius 2 is 1.63 bits per heavy atom. The van der Waals surface area contributed by atoms with Gasteiger partial charge in [-0.1, -0.05) is 24.3 Å². The molecule has 7 nitrogen and oxygen atoms in total. The summed E-state index contributed by atoms with van der Waals surface area (Å²) in [5.41, 5.74) is 2.51. The third-order valence-corrected chi connectivity index (χ3v) is 8.72. The number of thioether (sulfide) groups is 1. The molecule has 2 heterocycles. The van der Waals surface area contributed by atoms with Crippen molar-refractivity contribution >= 4 is 69.1 Å². The molecule has 43 heavy (non-hydrogen) atoms.